The van der Waals surface area contributed by atoms with Crippen LogP contribution in [0.15, 0.2) is 22.8 Å². The van der Waals surface area contributed by atoms with Gasteiger partial charge < -0.3 is 5.32 Å². The number of aromatic nitrogens is 3. The molecule has 6 heteroatoms. The molecule has 0 radical (unpaired) electrons. The predicted molar refractivity (Wildman–Crippen MR) is 86.0 cm³/mol. The van der Waals surface area contributed by atoms with Crippen molar-refractivity contribution in [1.29, 1.82) is 0 Å². The average molecular weight is 343 g/mol. The molecule has 0 aliphatic rings. The van der Waals surface area contributed by atoms with Gasteiger partial charge in [-0.3, -0.25) is 0 Å². The maximum Gasteiger partial charge on any atom is 0.243 e. The van der Waals surface area contributed by atoms with Crippen molar-refractivity contribution >= 4 is 39.3 Å². The van der Waals surface area contributed by atoms with Crippen LogP contribution in [0.25, 0.3) is 5.65 Å². The van der Waals surface area contributed by atoms with Crippen molar-refractivity contribution in [1.82, 2.24) is 14.6 Å². The summed E-state index contributed by atoms with van der Waals surface area (Å²) in [7, 11) is 0. The summed E-state index contributed by atoms with van der Waals surface area (Å²) in [6.07, 6.45) is 9.14. The molecule has 4 nitrogen and oxygen atoms in total. The zero-order chi connectivity index (χ0) is 13.5. The Labute approximate surface area is 126 Å². The number of nitrogens with one attached hydrogen (secondary N) is 1. The normalized spacial score (nSPS) is 11.1. The Bertz CT molecular complexity index is 514. The van der Waals surface area contributed by atoms with Crippen molar-refractivity contribution in [2.45, 2.75) is 25.7 Å². The van der Waals surface area contributed by atoms with Crippen molar-refractivity contribution in [2.24, 2.45) is 0 Å². The Kier molecular flexibility index (Phi) is 5.97. The summed E-state index contributed by atoms with van der Waals surface area (Å²) in [5, 5.41) is 7.67. The molecule has 0 aromatic carbocycles. The Morgan fingerprint density at radius 2 is 2.16 bits per heavy atom. The summed E-state index contributed by atoms with van der Waals surface area (Å²) in [5.74, 6) is 1.98. The lowest BCUT2D eigenvalue weighted by Crippen LogP contribution is -2.03. The molecule has 0 aliphatic heterocycles. The monoisotopic (exact) mass is 342 g/mol. The molecule has 0 saturated carbocycles. The van der Waals surface area contributed by atoms with Crippen LogP contribution in [0.5, 0.6) is 0 Å². The molecular formula is C13H19BrN4S. The predicted octanol–water partition coefficient (Wildman–Crippen LogP) is 3.83. The van der Waals surface area contributed by atoms with E-state index in [9.17, 15) is 0 Å². The van der Waals surface area contributed by atoms with Gasteiger partial charge in [-0.2, -0.15) is 16.7 Å². The number of hydrogen-bond acceptors (Lipinski definition) is 4. The number of nitrogens with zero attached hydrogens (tertiary/aromatic N) is 3. The molecule has 0 spiro atoms. The molecule has 2 rings (SSSR count). The first-order valence-electron chi connectivity index (χ1n) is 6.55. The van der Waals surface area contributed by atoms with Crippen molar-refractivity contribution in [3.8, 4) is 0 Å². The van der Waals surface area contributed by atoms with Crippen molar-refractivity contribution in [2.75, 3.05) is 23.9 Å². The van der Waals surface area contributed by atoms with Crippen molar-refractivity contribution in [3.05, 3.63) is 22.8 Å². The number of hydrogen-bond donors (Lipinski definition) is 1. The van der Waals surface area contributed by atoms with Crippen LogP contribution >= 0.6 is 27.7 Å². The van der Waals surface area contributed by atoms with E-state index >= 15 is 0 Å². The number of fused-ring (bicyclic) bond motifs is 1. The van der Waals surface area contributed by atoms with Crippen molar-refractivity contribution < 1.29 is 0 Å². The third-order valence-electron chi connectivity index (χ3n) is 2.87. The fourth-order valence-corrected chi connectivity index (χ4v) is 2.79. The zero-order valence-electron chi connectivity index (χ0n) is 11.1. The van der Waals surface area contributed by atoms with Gasteiger partial charge in [0.25, 0.3) is 0 Å². The number of unbranched alkanes of at least 4 members (excludes halogenated alkanes) is 3. The van der Waals surface area contributed by atoms with Gasteiger partial charge in [-0.15, -0.1) is 5.10 Å². The van der Waals surface area contributed by atoms with Gasteiger partial charge in [-0.05, 0) is 52.9 Å². The molecule has 19 heavy (non-hydrogen) atoms. The van der Waals surface area contributed by atoms with Crippen LogP contribution in [-0.4, -0.2) is 33.2 Å². The molecule has 0 aliphatic carbocycles. The summed E-state index contributed by atoms with van der Waals surface area (Å²) in [4.78, 5) is 4.45. The minimum atomic E-state index is 0.705. The minimum absolute atomic E-state index is 0.705. The first-order chi connectivity index (χ1) is 9.31. The molecule has 2 aromatic rings. The second-order valence-corrected chi connectivity index (χ2v) is 6.23. The van der Waals surface area contributed by atoms with Crippen LogP contribution in [0.1, 0.15) is 25.7 Å². The van der Waals surface area contributed by atoms with E-state index in [1.165, 1.54) is 31.4 Å². The van der Waals surface area contributed by atoms with E-state index in [0.717, 1.165) is 16.7 Å². The topological polar surface area (TPSA) is 42.2 Å². The van der Waals surface area contributed by atoms with Gasteiger partial charge >= 0.3 is 0 Å². The van der Waals surface area contributed by atoms with Crippen LogP contribution in [-0.2, 0) is 0 Å². The van der Waals surface area contributed by atoms with Gasteiger partial charge in [0.15, 0.2) is 5.65 Å². The standard InChI is InChI=1S/C13H19BrN4S/c1-19-10-5-3-2-4-8-15-13-16-12-11(14)7-6-9-18(12)17-13/h6-7,9H,2-5,8,10H2,1H3,(H,15,17). The Balaban J connectivity index is 1.74. The number of thioether (sulfide) groups is 1. The van der Waals surface area contributed by atoms with E-state index in [4.69, 9.17) is 0 Å². The maximum absolute atomic E-state index is 4.45. The van der Waals surface area contributed by atoms with Crippen LogP contribution in [0.2, 0.25) is 0 Å². The Hall–Kier alpha value is -0.750. The van der Waals surface area contributed by atoms with Crippen LogP contribution in [0.3, 0.4) is 0 Å². The van der Waals surface area contributed by atoms with Gasteiger partial charge in [0, 0.05) is 12.7 Å². The second-order valence-electron chi connectivity index (χ2n) is 4.39. The molecule has 0 fully saturated rings. The highest BCUT2D eigenvalue weighted by Gasteiger charge is 2.04. The molecule has 0 atom stereocenters. The lowest BCUT2D eigenvalue weighted by Gasteiger charge is -2.01. The van der Waals surface area contributed by atoms with Crippen molar-refractivity contribution in [3.63, 3.8) is 0 Å². The first-order valence-corrected chi connectivity index (χ1v) is 8.73. The summed E-state index contributed by atoms with van der Waals surface area (Å²) >= 11 is 5.40. The van der Waals surface area contributed by atoms with E-state index in [-0.39, 0.29) is 0 Å². The molecular weight excluding hydrogens is 324 g/mol. The van der Waals surface area contributed by atoms with Gasteiger partial charge in [-0.1, -0.05) is 12.8 Å². The molecule has 2 heterocycles. The van der Waals surface area contributed by atoms with Crippen LogP contribution < -0.4 is 5.32 Å². The lowest BCUT2D eigenvalue weighted by molar-refractivity contribution is 0.687. The van der Waals surface area contributed by atoms with E-state index in [0.29, 0.717) is 5.95 Å². The SMILES string of the molecule is CSCCCCCCNc1nc2c(Br)cccn2n1. The highest BCUT2D eigenvalue weighted by Crippen LogP contribution is 2.16. The average Bonchev–Trinajstić information content (AvgIpc) is 2.82. The molecule has 0 unspecified atom stereocenters. The zero-order valence-corrected chi connectivity index (χ0v) is 13.5. The van der Waals surface area contributed by atoms with E-state index in [1.807, 2.05) is 30.1 Å². The van der Waals surface area contributed by atoms with Crippen LogP contribution in [0.4, 0.5) is 5.95 Å². The van der Waals surface area contributed by atoms with Gasteiger partial charge in [0.05, 0.1) is 4.47 Å². The van der Waals surface area contributed by atoms with Crippen LogP contribution in [0, 0.1) is 0 Å². The molecule has 2 aromatic heterocycles. The van der Waals surface area contributed by atoms with E-state index < -0.39 is 0 Å². The molecule has 0 bridgehead atoms. The third-order valence-corrected chi connectivity index (χ3v) is 4.19. The molecule has 0 saturated heterocycles. The quantitative estimate of drug-likeness (QED) is 0.740. The van der Waals surface area contributed by atoms with E-state index in [1.54, 1.807) is 4.52 Å². The fourth-order valence-electron chi connectivity index (χ4n) is 1.87. The maximum atomic E-state index is 4.45. The summed E-state index contributed by atoms with van der Waals surface area (Å²) in [5.41, 5.74) is 0.852. The number of pyridine rings is 1. The lowest BCUT2D eigenvalue weighted by atomic mass is 10.2. The van der Waals surface area contributed by atoms with Gasteiger partial charge in [0.2, 0.25) is 5.95 Å². The summed E-state index contributed by atoms with van der Waals surface area (Å²) in [6.45, 7) is 0.938. The molecule has 1 N–H and O–H groups in total. The fraction of sp³-hybridized carbons (Fsp3) is 0.538. The van der Waals surface area contributed by atoms with Gasteiger partial charge in [0.1, 0.15) is 0 Å². The highest BCUT2D eigenvalue weighted by molar-refractivity contribution is 9.10. The Morgan fingerprint density at radius 3 is 2.95 bits per heavy atom. The third kappa shape index (κ3) is 4.38. The highest BCUT2D eigenvalue weighted by atomic mass is 79.9. The first kappa shape index (κ1) is 14.7. The smallest absolute Gasteiger partial charge is 0.243 e. The summed E-state index contributed by atoms with van der Waals surface area (Å²) < 4.78 is 2.75. The number of halogens is 1. The Morgan fingerprint density at radius 1 is 1.32 bits per heavy atom. The largest absolute Gasteiger partial charge is 0.353 e. The minimum Gasteiger partial charge on any atom is -0.353 e. The van der Waals surface area contributed by atoms with Gasteiger partial charge in [-0.25, -0.2) is 4.52 Å². The second kappa shape index (κ2) is 7.75. The molecule has 0 amide bonds. The number of anilines is 1. The van der Waals surface area contributed by atoms with E-state index in [2.05, 4.69) is 37.6 Å². The number of rotatable bonds is 8. The molecule has 104 valence electrons. The summed E-state index contributed by atoms with van der Waals surface area (Å²) in [6, 6.07) is 3.92.